The third-order valence-corrected chi connectivity index (χ3v) is 5.59. The normalized spacial score (nSPS) is 35.3. The molecule has 1 aromatic carbocycles. The Bertz CT molecular complexity index is 573. The lowest BCUT2D eigenvalue weighted by molar-refractivity contribution is -0.0498. The molecule has 0 unspecified atom stereocenters. The number of hydrogen-bond donors (Lipinski definition) is 0. The Balaban J connectivity index is 1.51. The highest BCUT2D eigenvalue weighted by atomic mass is 19.3. The minimum atomic E-state index is -2.77. The van der Waals surface area contributed by atoms with Crippen LogP contribution in [0, 0.1) is 35.0 Å². The second-order valence-corrected chi connectivity index (χ2v) is 7.35. The van der Waals surface area contributed by atoms with Crippen LogP contribution in [0.4, 0.5) is 8.78 Å². The molecule has 4 aliphatic carbocycles. The molecule has 22 heavy (non-hydrogen) atoms. The van der Waals surface area contributed by atoms with Crippen LogP contribution < -0.4 is 4.74 Å². The topological polar surface area (TPSA) is 9.23 Å². The minimum absolute atomic E-state index is 0.190. The number of alkyl halides is 2. The minimum Gasteiger partial charge on any atom is -0.435 e. The molecule has 1 nitrogen and oxygen atoms in total. The summed E-state index contributed by atoms with van der Waals surface area (Å²) in [6.07, 6.45) is 8.04. The van der Waals surface area contributed by atoms with E-state index >= 15 is 0 Å². The van der Waals surface area contributed by atoms with E-state index in [9.17, 15) is 8.78 Å². The lowest BCUT2D eigenvalue weighted by Crippen LogP contribution is -2.45. The maximum atomic E-state index is 12.1. The van der Waals surface area contributed by atoms with Crippen molar-refractivity contribution in [2.45, 2.75) is 45.1 Å². The summed E-state index contributed by atoms with van der Waals surface area (Å²) in [6.45, 7) is -2.77. The van der Waals surface area contributed by atoms with Gasteiger partial charge in [0, 0.05) is 11.0 Å². The molecule has 5 rings (SSSR count). The number of halogens is 2. The van der Waals surface area contributed by atoms with Crippen LogP contribution in [-0.2, 0) is 0 Å². The Morgan fingerprint density at radius 1 is 0.955 bits per heavy atom. The van der Waals surface area contributed by atoms with Gasteiger partial charge in [-0.2, -0.15) is 8.78 Å². The lowest BCUT2D eigenvalue weighted by atomic mass is 9.50. The first-order chi connectivity index (χ1) is 10.6. The average molecular weight is 302 g/mol. The highest BCUT2D eigenvalue weighted by Crippen LogP contribution is 2.59. The van der Waals surface area contributed by atoms with E-state index in [0.717, 1.165) is 23.3 Å². The van der Waals surface area contributed by atoms with Crippen molar-refractivity contribution in [3.05, 3.63) is 29.8 Å². The molecule has 0 heterocycles. The van der Waals surface area contributed by atoms with Gasteiger partial charge in [0.25, 0.3) is 0 Å². The maximum absolute atomic E-state index is 12.1. The quantitative estimate of drug-likeness (QED) is 0.709. The molecule has 1 aromatic rings. The van der Waals surface area contributed by atoms with Gasteiger partial charge in [-0.1, -0.05) is 11.8 Å². The van der Waals surface area contributed by atoms with Gasteiger partial charge in [-0.05, 0) is 80.5 Å². The summed E-state index contributed by atoms with van der Waals surface area (Å²) in [5.74, 6) is 9.72. The van der Waals surface area contributed by atoms with Crippen molar-refractivity contribution in [1.29, 1.82) is 0 Å². The van der Waals surface area contributed by atoms with Crippen LogP contribution in [0.5, 0.6) is 5.75 Å². The Hall–Kier alpha value is -1.56. The summed E-state index contributed by atoms with van der Waals surface area (Å²) < 4.78 is 28.6. The van der Waals surface area contributed by atoms with Crippen molar-refractivity contribution in [1.82, 2.24) is 0 Å². The molecule has 0 atom stereocenters. The van der Waals surface area contributed by atoms with Gasteiger partial charge < -0.3 is 4.74 Å². The molecule has 0 aliphatic heterocycles. The molecule has 0 radical (unpaired) electrons. The zero-order valence-corrected chi connectivity index (χ0v) is 12.5. The van der Waals surface area contributed by atoms with Crippen molar-refractivity contribution >= 4 is 0 Å². The number of ether oxygens (including phenoxy) is 1. The standard InChI is InChI=1S/C19H20F2O/c20-18(21)22-17-3-1-13(2-4-17)5-6-19-10-14-7-15(11-19)9-16(8-14)12-19/h1-4,14-16,18H,7-12H2. The van der Waals surface area contributed by atoms with Crippen LogP contribution in [-0.4, -0.2) is 6.61 Å². The van der Waals surface area contributed by atoms with Crippen molar-refractivity contribution < 1.29 is 13.5 Å². The van der Waals surface area contributed by atoms with E-state index in [1.165, 1.54) is 38.5 Å². The lowest BCUT2D eigenvalue weighted by Gasteiger charge is -2.54. The van der Waals surface area contributed by atoms with E-state index in [2.05, 4.69) is 16.6 Å². The predicted molar refractivity (Wildman–Crippen MR) is 80.6 cm³/mol. The second-order valence-electron chi connectivity index (χ2n) is 7.35. The second kappa shape index (κ2) is 5.26. The van der Waals surface area contributed by atoms with Gasteiger partial charge in [-0.3, -0.25) is 0 Å². The highest BCUT2D eigenvalue weighted by molar-refractivity contribution is 5.39. The number of rotatable bonds is 2. The first-order valence-electron chi connectivity index (χ1n) is 8.18. The molecule has 0 spiro atoms. The summed E-state index contributed by atoms with van der Waals surface area (Å²) in [7, 11) is 0. The predicted octanol–water partition coefficient (Wildman–Crippen LogP) is 4.86. The van der Waals surface area contributed by atoms with E-state index < -0.39 is 6.61 Å². The summed E-state index contributed by atoms with van der Waals surface area (Å²) in [4.78, 5) is 0. The fourth-order valence-corrected chi connectivity index (χ4v) is 5.19. The van der Waals surface area contributed by atoms with Crippen molar-refractivity contribution in [2.24, 2.45) is 23.2 Å². The van der Waals surface area contributed by atoms with Gasteiger partial charge in [0.2, 0.25) is 0 Å². The molecular weight excluding hydrogens is 282 g/mol. The van der Waals surface area contributed by atoms with Crippen LogP contribution in [0.3, 0.4) is 0 Å². The third-order valence-electron chi connectivity index (χ3n) is 5.59. The van der Waals surface area contributed by atoms with E-state index in [0.29, 0.717) is 0 Å². The molecule has 4 saturated carbocycles. The molecule has 4 fully saturated rings. The maximum Gasteiger partial charge on any atom is 0.387 e. The first-order valence-corrected chi connectivity index (χ1v) is 8.18. The van der Waals surface area contributed by atoms with E-state index in [-0.39, 0.29) is 11.2 Å². The van der Waals surface area contributed by atoms with E-state index in [1.807, 2.05) is 0 Å². The summed E-state index contributed by atoms with van der Waals surface area (Å²) >= 11 is 0. The molecule has 0 aromatic heterocycles. The fraction of sp³-hybridized carbons (Fsp3) is 0.579. The van der Waals surface area contributed by atoms with Gasteiger partial charge in [0.05, 0.1) is 0 Å². The average Bonchev–Trinajstić information content (AvgIpc) is 2.44. The number of benzene rings is 1. The van der Waals surface area contributed by atoms with Crippen LogP contribution in [0.25, 0.3) is 0 Å². The van der Waals surface area contributed by atoms with Crippen LogP contribution in [0.15, 0.2) is 24.3 Å². The van der Waals surface area contributed by atoms with Gasteiger partial charge in [0.15, 0.2) is 0 Å². The van der Waals surface area contributed by atoms with Crippen molar-refractivity contribution in [3.63, 3.8) is 0 Å². The van der Waals surface area contributed by atoms with Gasteiger partial charge in [-0.15, -0.1) is 0 Å². The molecule has 4 bridgehead atoms. The van der Waals surface area contributed by atoms with Crippen molar-refractivity contribution in [3.8, 4) is 17.6 Å². The Morgan fingerprint density at radius 2 is 1.50 bits per heavy atom. The van der Waals surface area contributed by atoms with Crippen LogP contribution in [0.1, 0.15) is 44.1 Å². The van der Waals surface area contributed by atoms with E-state index in [1.54, 1.807) is 24.3 Å². The summed E-state index contributed by atoms with van der Waals surface area (Å²) in [5.41, 5.74) is 1.12. The van der Waals surface area contributed by atoms with Crippen molar-refractivity contribution in [2.75, 3.05) is 0 Å². The van der Waals surface area contributed by atoms with Gasteiger partial charge in [0.1, 0.15) is 5.75 Å². The Kier molecular flexibility index (Phi) is 3.36. The largest absolute Gasteiger partial charge is 0.435 e. The summed E-state index contributed by atoms with van der Waals surface area (Å²) in [5, 5.41) is 0. The van der Waals surface area contributed by atoms with Gasteiger partial charge in [-0.25, -0.2) is 0 Å². The zero-order valence-electron chi connectivity index (χ0n) is 12.5. The molecular formula is C19H20F2O. The molecule has 0 N–H and O–H groups in total. The molecule has 116 valence electrons. The smallest absolute Gasteiger partial charge is 0.387 e. The third kappa shape index (κ3) is 2.72. The van der Waals surface area contributed by atoms with Crippen LogP contribution >= 0.6 is 0 Å². The van der Waals surface area contributed by atoms with E-state index in [4.69, 9.17) is 0 Å². The molecule has 3 heteroatoms. The van der Waals surface area contributed by atoms with Gasteiger partial charge >= 0.3 is 6.61 Å². The Morgan fingerprint density at radius 3 is 2.00 bits per heavy atom. The molecule has 0 amide bonds. The molecule has 4 aliphatic rings. The van der Waals surface area contributed by atoms with Crippen LogP contribution in [0.2, 0.25) is 0 Å². The molecule has 0 saturated heterocycles. The first kappa shape index (κ1) is 14.1. The SMILES string of the molecule is FC(F)Oc1ccc(C#CC23CC4CC(CC(C4)C2)C3)cc1. The zero-order chi connectivity index (χ0) is 15.2. The number of hydrogen-bond acceptors (Lipinski definition) is 1. The fourth-order valence-electron chi connectivity index (χ4n) is 5.19. The Labute approximate surface area is 130 Å². The monoisotopic (exact) mass is 302 g/mol. The highest BCUT2D eigenvalue weighted by Gasteiger charge is 2.50. The summed E-state index contributed by atoms with van der Waals surface area (Å²) in [6, 6.07) is 6.67.